The predicted molar refractivity (Wildman–Crippen MR) is 57.3 cm³/mol. The zero-order valence-corrected chi connectivity index (χ0v) is 8.71. The molecule has 0 aromatic carbocycles. The molecular weight excluding hydrogens is 194 g/mol. The van der Waals surface area contributed by atoms with Gasteiger partial charge in [0.15, 0.2) is 0 Å². The second-order valence-electron chi connectivity index (χ2n) is 3.49. The first-order valence-electron chi connectivity index (χ1n) is 5.14. The Labute approximate surface area is 89.3 Å². The lowest BCUT2D eigenvalue weighted by molar-refractivity contribution is -0.122. The van der Waals surface area contributed by atoms with Gasteiger partial charge in [-0.1, -0.05) is 6.08 Å². The highest BCUT2D eigenvalue weighted by molar-refractivity contribution is 5.80. The van der Waals surface area contributed by atoms with Crippen molar-refractivity contribution in [2.45, 2.75) is 12.8 Å². The fourth-order valence-corrected chi connectivity index (χ4v) is 1.08. The van der Waals surface area contributed by atoms with Gasteiger partial charge in [-0.25, -0.2) is 4.79 Å². The normalized spacial score (nSPS) is 14.1. The molecule has 0 spiro atoms. The van der Waals surface area contributed by atoms with Crippen LogP contribution in [0.5, 0.6) is 0 Å². The van der Waals surface area contributed by atoms with E-state index in [2.05, 4.69) is 22.5 Å². The fraction of sp³-hybridized carbons (Fsp3) is 0.600. The van der Waals surface area contributed by atoms with Crippen LogP contribution in [0.1, 0.15) is 12.8 Å². The summed E-state index contributed by atoms with van der Waals surface area (Å²) in [4.78, 5) is 22.2. The topological polar surface area (TPSA) is 70.2 Å². The van der Waals surface area contributed by atoms with Crippen molar-refractivity contribution in [2.75, 3.05) is 19.6 Å². The average molecular weight is 211 g/mol. The van der Waals surface area contributed by atoms with Gasteiger partial charge in [-0.3, -0.25) is 4.79 Å². The Morgan fingerprint density at radius 2 is 1.87 bits per heavy atom. The molecule has 0 unspecified atom stereocenters. The molecular formula is C10H17N3O2. The number of nitrogens with one attached hydrogen (secondary N) is 3. The first-order chi connectivity index (χ1) is 7.24. The van der Waals surface area contributed by atoms with Gasteiger partial charge >= 0.3 is 6.03 Å². The van der Waals surface area contributed by atoms with Crippen LogP contribution < -0.4 is 16.0 Å². The van der Waals surface area contributed by atoms with Gasteiger partial charge in [0.05, 0.1) is 0 Å². The van der Waals surface area contributed by atoms with Gasteiger partial charge in [-0.05, 0) is 12.8 Å². The van der Waals surface area contributed by atoms with Gasteiger partial charge in [0, 0.05) is 25.6 Å². The number of carbonyl (C=O) groups excluding carboxylic acids is 2. The molecule has 0 aliphatic heterocycles. The quantitative estimate of drug-likeness (QED) is 0.427. The highest BCUT2D eigenvalue weighted by atomic mass is 16.2. The zero-order chi connectivity index (χ0) is 11.1. The molecule has 15 heavy (non-hydrogen) atoms. The Morgan fingerprint density at radius 1 is 1.20 bits per heavy atom. The van der Waals surface area contributed by atoms with Gasteiger partial charge in [0.25, 0.3) is 0 Å². The number of urea groups is 1. The molecule has 0 aromatic rings. The molecule has 84 valence electrons. The lowest BCUT2D eigenvalue weighted by Crippen LogP contribution is -2.40. The van der Waals surface area contributed by atoms with Crippen LogP contribution in [0, 0.1) is 5.92 Å². The molecule has 1 fully saturated rings. The van der Waals surface area contributed by atoms with Crippen molar-refractivity contribution >= 4 is 11.9 Å². The van der Waals surface area contributed by atoms with Gasteiger partial charge < -0.3 is 16.0 Å². The molecule has 0 heterocycles. The van der Waals surface area contributed by atoms with Gasteiger partial charge in [-0.15, -0.1) is 6.58 Å². The van der Waals surface area contributed by atoms with E-state index in [0.717, 1.165) is 12.8 Å². The summed E-state index contributed by atoms with van der Waals surface area (Å²) in [6.07, 6.45) is 3.60. The fourth-order valence-electron chi connectivity index (χ4n) is 1.08. The highest BCUT2D eigenvalue weighted by Gasteiger charge is 2.28. The number of hydrogen-bond donors (Lipinski definition) is 3. The largest absolute Gasteiger partial charge is 0.354 e. The van der Waals surface area contributed by atoms with Crippen LogP contribution in [0.15, 0.2) is 12.7 Å². The van der Waals surface area contributed by atoms with Crippen molar-refractivity contribution in [3.05, 3.63) is 12.7 Å². The molecule has 3 amide bonds. The second kappa shape index (κ2) is 6.06. The van der Waals surface area contributed by atoms with Crippen molar-refractivity contribution in [3.8, 4) is 0 Å². The van der Waals surface area contributed by atoms with Crippen molar-refractivity contribution in [3.63, 3.8) is 0 Å². The van der Waals surface area contributed by atoms with E-state index < -0.39 is 0 Å². The monoisotopic (exact) mass is 211 g/mol. The van der Waals surface area contributed by atoms with Crippen LogP contribution in [-0.4, -0.2) is 31.6 Å². The predicted octanol–water partition coefficient (Wildman–Crippen LogP) is -0.00220. The van der Waals surface area contributed by atoms with E-state index in [0.29, 0.717) is 19.6 Å². The van der Waals surface area contributed by atoms with Crippen LogP contribution in [0.3, 0.4) is 0 Å². The molecule has 1 aliphatic rings. The van der Waals surface area contributed by atoms with E-state index in [1.165, 1.54) is 0 Å². The van der Waals surface area contributed by atoms with Crippen molar-refractivity contribution < 1.29 is 9.59 Å². The summed E-state index contributed by atoms with van der Waals surface area (Å²) in [7, 11) is 0. The maximum absolute atomic E-state index is 11.2. The first-order valence-corrected chi connectivity index (χ1v) is 5.14. The van der Waals surface area contributed by atoms with E-state index in [9.17, 15) is 9.59 Å². The first kappa shape index (κ1) is 11.6. The molecule has 0 atom stereocenters. The van der Waals surface area contributed by atoms with E-state index in [1.807, 2.05) is 0 Å². The maximum Gasteiger partial charge on any atom is 0.315 e. The maximum atomic E-state index is 11.2. The van der Waals surface area contributed by atoms with Crippen molar-refractivity contribution in [1.82, 2.24) is 16.0 Å². The van der Waals surface area contributed by atoms with Gasteiger partial charge in [0.2, 0.25) is 5.91 Å². The average Bonchev–Trinajstić information content (AvgIpc) is 3.04. The van der Waals surface area contributed by atoms with Crippen LogP contribution in [-0.2, 0) is 4.79 Å². The Kier molecular flexibility index (Phi) is 4.66. The third kappa shape index (κ3) is 5.05. The Bertz CT molecular complexity index is 249. The number of amides is 3. The number of carbonyl (C=O) groups is 2. The lowest BCUT2D eigenvalue weighted by Gasteiger charge is -2.06. The summed E-state index contributed by atoms with van der Waals surface area (Å²) in [6, 6.07) is -0.240. The van der Waals surface area contributed by atoms with Crippen LogP contribution in [0.25, 0.3) is 0 Å². The minimum Gasteiger partial charge on any atom is -0.354 e. The summed E-state index contributed by atoms with van der Waals surface area (Å²) in [6.45, 7) is 4.85. The van der Waals surface area contributed by atoms with E-state index in [1.54, 1.807) is 6.08 Å². The SMILES string of the molecule is C=CCNC(=O)NCCNC(=O)C1CC1. The zero-order valence-electron chi connectivity index (χ0n) is 8.71. The molecule has 5 heteroatoms. The van der Waals surface area contributed by atoms with Crippen molar-refractivity contribution in [2.24, 2.45) is 5.92 Å². The molecule has 0 aromatic heterocycles. The van der Waals surface area contributed by atoms with Crippen LogP contribution in [0.2, 0.25) is 0 Å². The molecule has 5 nitrogen and oxygen atoms in total. The molecule has 0 saturated heterocycles. The third-order valence-corrected chi connectivity index (χ3v) is 2.06. The summed E-state index contributed by atoms with van der Waals surface area (Å²) in [5, 5.41) is 7.95. The van der Waals surface area contributed by atoms with Gasteiger partial charge in [-0.2, -0.15) is 0 Å². The summed E-state index contributed by atoms with van der Waals surface area (Å²) in [5.74, 6) is 0.322. The second-order valence-corrected chi connectivity index (χ2v) is 3.49. The Morgan fingerprint density at radius 3 is 2.47 bits per heavy atom. The summed E-state index contributed by atoms with van der Waals surface area (Å²) < 4.78 is 0. The standard InChI is InChI=1S/C10H17N3O2/c1-2-5-12-10(15)13-7-6-11-9(14)8-3-4-8/h2,8H,1,3-7H2,(H,11,14)(H2,12,13,15). The van der Waals surface area contributed by atoms with Gasteiger partial charge in [0.1, 0.15) is 0 Å². The Hall–Kier alpha value is -1.52. The third-order valence-electron chi connectivity index (χ3n) is 2.06. The number of hydrogen-bond acceptors (Lipinski definition) is 2. The number of rotatable bonds is 6. The minimum absolute atomic E-state index is 0.100. The molecule has 1 aliphatic carbocycles. The molecule has 0 bridgehead atoms. The van der Waals surface area contributed by atoms with Crippen LogP contribution in [0.4, 0.5) is 4.79 Å². The molecule has 1 saturated carbocycles. The lowest BCUT2D eigenvalue weighted by atomic mass is 10.4. The van der Waals surface area contributed by atoms with E-state index in [4.69, 9.17) is 0 Å². The highest BCUT2D eigenvalue weighted by Crippen LogP contribution is 2.28. The molecule has 0 radical (unpaired) electrons. The van der Waals surface area contributed by atoms with E-state index in [-0.39, 0.29) is 17.9 Å². The minimum atomic E-state index is -0.240. The summed E-state index contributed by atoms with van der Waals surface area (Å²) >= 11 is 0. The smallest absolute Gasteiger partial charge is 0.315 e. The molecule has 3 N–H and O–H groups in total. The van der Waals surface area contributed by atoms with Crippen molar-refractivity contribution in [1.29, 1.82) is 0 Å². The Balaban J connectivity index is 1.93. The van der Waals surface area contributed by atoms with E-state index >= 15 is 0 Å². The van der Waals surface area contributed by atoms with Crippen LogP contribution >= 0.6 is 0 Å². The molecule has 1 rings (SSSR count). The summed E-state index contributed by atoms with van der Waals surface area (Å²) in [5.41, 5.74) is 0.